The zero-order chi connectivity index (χ0) is 87.6. The molecule has 19 aromatic carbocycles. The standard InChI is InChI=1S/C122H78O9/c123-115(95-37-13-1-25-79(95)80-26-2-14-38-96(80)115)75-53-55-76(56-54-75)116(124)97-39-15-5-33-87(97)91-59-49-73(67-109(91)116)72-52-62-108-94(66-72)92-60-50-74(68-110(92)122(108,130)121(129)106-47-23-11-34-88(106)89-35-12-24-48-107(89)121)71-51-61-105-93(65-71)90-36-10-18-42-100(90)118(105,126)78-58-64-114(112(70-78)120(128)103-45-21-8-31-85(103)86-32-9-22-46-104(86)120)131-113-63-57-77(117(125)98-40-16-3-27-81(98)82-28-4-17-41-99(82)117)69-111(113)119(127)101-43-19-6-29-83(101)84-30-7-20-44-102(84)119/h1-70,123-130H. The topological polar surface area (TPSA) is 171 Å². The van der Waals surface area contributed by atoms with E-state index in [4.69, 9.17) is 4.74 Å². The van der Waals surface area contributed by atoms with E-state index in [0.29, 0.717) is 106 Å². The Hall–Kier alpha value is -15.3. The van der Waals surface area contributed by atoms with Gasteiger partial charge in [0.1, 0.15) is 45.1 Å². The first kappa shape index (κ1) is 75.8. The zero-order valence-corrected chi connectivity index (χ0v) is 70.4. The van der Waals surface area contributed by atoms with Crippen LogP contribution in [-0.2, 0) is 44.8 Å². The largest absolute Gasteiger partial charge is 0.457 e. The Bertz CT molecular complexity index is 8030. The third kappa shape index (κ3) is 9.58. The van der Waals surface area contributed by atoms with E-state index < -0.39 is 44.8 Å². The molecule has 0 bridgehead atoms. The number of fused-ring (bicyclic) bond motifs is 24. The van der Waals surface area contributed by atoms with E-state index in [1.165, 1.54) is 0 Å². The number of ether oxygens (including phenoxy) is 1. The molecule has 8 aliphatic rings. The molecule has 0 amide bonds. The third-order valence-electron chi connectivity index (χ3n) is 30.5. The highest BCUT2D eigenvalue weighted by Gasteiger charge is 2.63. The molecule has 0 radical (unpaired) electrons. The second-order valence-electron chi connectivity index (χ2n) is 36.4. The molecule has 0 heterocycles. The SMILES string of the molecule is OC1(c2ccc(C3(O)c4ccccc4-c4ccc(-c5ccc6c(c5)-c5ccc(-c7ccc8c(c7)-c7ccccc7C8(O)c7ccc(Oc8ccc(C9(O)c%10ccccc%10-c%10ccccc%109)cc8C8(O)c9ccccc9-c9ccccc98)c(C8(O)c9ccccc9-c9ccccc98)c7)cc5C6(O)C5(O)c6ccccc6-c6ccccc65)cc43)cc2)c2ccccc2-c2ccccc21. The van der Waals surface area contributed by atoms with Crippen molar-refractivity contribution in [3.63, 3.8) is 0 Å². The molecule has 0 aromatic heterocycles. The van der Waals surface area contributed by atoms with Gasteiger partial charge in [0.05, 0.1) is 0 Å². The monoisotopic (exact) mass is 1690 g/mol. The van der Waals surface area contributed by atoms with Crippen LogP contribution in [0.4, 0.5) is 0 Å². The lowest BCUT2D eigenvalue weighted by atomic mass is 9.70. The van der Waals surface area contributed by atoms with Crippen molar-refractivity contribution in [2.24, 2.45) is 0 Å². The maximum absolute atomic E-state index is 14.8. The molecule has 620 valence electrons. The molecule has 0 fully saturated rings. The van der Waals surface area contributed by atoms with Crippen LogP contribution in [0.15, 0.2) is 425 Å². The predicted molar refractivity (Wildman–Crippen MR) is 511 cm³/mol. The maximum Gasteiger partial charge on any atom is 0.153 e. The number of rotatable bonds is 11. The van der Waals surface area contributed by atoms with Gasteiger partial charge in [0.2, 0.25) is 0 Å². The fourth-order valence-corrected chi connectivity index (χ4v) is 24.5. The third-order valence-corrected chi connectivity index (χ3v) is 30.5. The van der Waals surface area contributed by atoms with E-state index in [9.17, 15) is 40.9 Å². The van der Waals surface area contributed by atoms with Crippen molar-refractivity contribution in [3.8, 4) is 123 Å². The molecule has 27 rings (SSSR count). The molecular weight excluding hydrogens is 1610 g/mol. The van der Waals surface area contributed by atoms with Gasteiger partial charge < -0.3 is 45.6 Å². The lowest BCUT2D eigenvalue weighted by molar-refractivity contribution is -0.107. The fourth-order valence-electron chi connectivity index (χ4n) is 24.5. The molecule has 0 saturated carbocycles. The fraction of sp³-hybridized carbons (Fsp3) is 0.0656. The van der Waals surface area contributed by atoms with Gasteiger partial charge in [-0.15, -0.1) is 0 Å². The van der Waals surface area contributed by atoms with E-state index in [2.05, 4.69) is 60.7 Å². The summed E-state index contributed by atoms with van der Waals surface area (Å²) in [4.78, 5) is 0. The van der Waals surface area contributed by atoms with Crippen molar-refractivity contribution in [2.75, 3.05) is 0 Å². The second kappa shape index (κ2) is 26.7. The maximum atomic E-state index is 14.8. The summed E-state index contributed by atoms with van der Waals surface area (Å²) in [5.74, 6) is 0.501. The van der Waals surface area contributed by atoms with E-state index in [1.807, 2.05) is 364 Å². The minimum absolute atomic E-state index is 0.242. The second-order valence-corrected chi connectivity index (χ2v) is 36.4. The first-order valence-electron chi connectivity index (χ1n) is 44.6. The van der Waals surface area contributed by atoms with Crippen LogP contribution in [0.25, 0.3) is 111 Å². The minimum atomic E-state index is -2.12. The highest BCUT2D eigenvalue weighted by Crippen LogP contribution is 2.67. The Morgan fingerprint density at radius 3 is 0.664 bits per heavy atom. The van der Waals surface area contributed by atoms with Gasteiger partial charge >= 0.3 is 0 Å². The van der Waals surface area contributed by atoms with Crippen molar-refractivity contribution in [3.05, 3.63) is 547 Å². The molecule has 8 aliphatic carbocycles. The van der Waals surface area contributed by atoms with Crippen molar-refractivity contribution in [1.82, 2.24) is 0 Å². The number of hydrogen-bond acceptors (Lipinski definition) is 9. The van der Waals surface area contributed by atoms with Crippen LogP contribution in [0.2, 0.25) is 0 Å². The van der Waals surface area contributed by atoms with Gasteiger partial charge in [-0.25, -0.2) is 0 Å². The quantitative estimate of drug-likeness (QED) is 0.0628. The summed E-state index contributed by atoms with van der Waals surface area (Å²) in [6.45, 7) is 0. The van der Waals surface area contributed by atoms with Gasteiger partial charge in [-0.05, 0) is 199 Å². The van der Waals surface area contributed by atoms with E-state index in [-0.39, 0.29) is 11.5 Å². The molecule has 9 heteroatoms. The molecular formula is C122H78O9. The summed E-state index contributed by atoms with van der Waals surface area (Å²) in [6, 6.07) is 138. The summed E-state index contributed by atoms with van der Waals surface area (Å²) in [7, 11) is 0. The molecule has 9 nitrogen and oxygen atoms in total. The van der Waals surface area contributed by atoms with Crippen LogP contribution in [-0.4, -0.2) is 40.9 Å². The highest BCUT2D eigenvalue weighted by molar-refractivity contribution is 5.95. The minimum Gasteiger partial charge on any atom is -0.457 e. The summed E-state index contributed by atoms with van der Waals surface area (Å²) < 4.78 is 7.61. The molecule has 3 unspecified atom stereocenters. The van der Waals surface area contributed by atoms with Crippen molar-refractivity contribution >= 4 is 0 Å². The summed E-state index contributed by atoms with van der Waals surface area (Å²) in [5.41, 5.74) is 15.5. The van der Waals surface area contributed by atoms with Gasteiger partial charge in [-0.1, -0.05) is 376 Å². The highest BCUT2D eigenvalue weighted by atomic mass is 16.5. The smallest absolute Gasteiger partial charge is 0.153 e. The molecule has 8 N–H and O–H groups in total. The van der Waals surface area contributed by atoms with Crippen LogP contribution in [0.1, 0.15) is 122 Å². The molecule has 0 aliphatic heterocycles. The van der Waals surface area contributed by atoms with E-state index in [1.54, 1.807) is 0 Å². The first-order chi connectivity index (χ1) is 64.0. The molecule has 131 heavy (non-hydrogen) atoms. The number of aliphatic hydroxyl groups is 8. The zero-order valence-electron chi connectivity index (χ0n) is 70.4. The van der Waals surface area contributed by atoms with Crippen LogP contribution < -0.4 is 4.74 Å². The Kier molecular flexibility index (Phi) is 15.4. The number of benzene rings is 19. The Morgan fingerprint density at radius 1 is 0.130 bits per heavy atom. The lowest BCUT2D eigenvalue weighted by Gasteiger charge is -2.41. The average molecular weight is 1690 g/mol. The van der Waals surface area contributed by atoms with Gasteiger partial charge in [-0.3, -0.25) is 0 Å². The lowest BCUT2D eigenvalue weighted by Crippen LogP contribution is -2.48. The van der Waals surface area contributed by atoms with E-state index in [0.717, 1.165) is 128 Å². The van der Waals surface area contributed by atoms with Crippen molar-refractivity contribution in [2.45, 2.75) is 44.8 Å². The van der Waals surface area contributed by atoms with Gasteiger partial charge in [0.15, 0.2) is 11.2 Å². The normalized spacial score (nSPS) is 18.6. The predicted octanol–water partition coefficient (Wildman–Crippen LogP) is 23.5. The number of hydrogen-bond donors (Lipinski definition) is 8. The molecule has 19 aromatic rings. The van der Waals surface area contributed by atoms with Crippen LogP contribution in [0.3, 0.4) is 0 Å². The van der Waals surface area contributed by atoms with Gasteiger partial charge in [-0.2, -0.15) is 0 Å². The van der Waals surface area contributed by atoms with Crippen LogP contribution >= 0.6 is 0 Å². The van der Waals surface area contributed by atoms with Gasteiger partial charge in [0, 0.05) is 83.5 Å². The summed E-state index contributed by atoms with van der Waals surface area (Å²) in [6.07, 6.45) is 0. The molecule has 0 spiro atoms. The summed E-state index contributed by atoms with van der Waals surface area (Å²) >= 11 is 0. The van der Waals surface area contributed by atoms with Crippen LogP contribution in [0.5, 0.6) is 11.5 Å². The Balaban J connectivity index is 0.598. The first-order valence-corrected chi connectivity index (χ1v) is 44.6. The Morgan fingerprint density at radius 2 is 0.328 bits per heavy atom. The Labute approximate surface area is 755 Å². The molecule has 3 atom stereocenters. The van der Waals surface area contributed by atoms with Crippen LogP contribution in [0, 0.1) is 0 Å². The molecule has 0 saturated heterocycles. The van der Waals surface area contributed by atoms with Gasteiger partial charge in [0.25, 0.3) is 0 Å². The van der Waals surface area contributed by atoms with Crippen molar-refractivity contribution < 1.29 is 45.6 Å². The average Bonchev–Trinajstić information content (AvgIpc) is 1.50. The van der Waals surface area contributed by atoms with Crippen molar-refractivity contribution in [1.29, 1.82) is 0 Å². The van der Waals surface area contributed by atoms with E-state index >= 15 is 0 Å². The summed E-state index contributed by atoms with van der Waals surface area (Å²) in [5, 5.41) is 113.